The molecule has 0 saturated carbocycles. The van der Waals surface area contributed by atoms with Gasteiger partial charge in [0.25, 0.3) is 5.97 Å². The summed E-state index contributed by atoms with van der Waals surface area (Å²) in [5, 5.41) is 0. The van der Waals surface area contributed by atoms with Crippen molar-refractivity contribution in [3.63, 3.8) is 0 Å². The summed E-state index contributed by atoms with van der Waals surface area (Å²) in [6, 6.07) is 0. The highest BCUT2D eigenvalue weighted by atomic mass is 16.9. The molecular formula is C9H20O5. The molecule has 0 aliphatic rings. The van der Waals surface area contributed by atoms with Crippen molar-refractivity contribution >= 4 is 0 Å². The van der Waals surface area contributed by atoms with Gasteiger partial charge in [-0.15, -0.1) is 0 Å². The fourth-order valence-corrected chi connectivity index (χ4v) is 0.971. The molecule has 0 aromatic carbocycles. The summed E-state index contributed by atoms with van der Waals surface area (Å²) < 4.78 is 25.7. The zero-order valence-electron chi connectivity index (χ0n) is 9.53. The van der Waals surface area contributed by atoms with Crippen LogP contribution >= 0.6 is 0 Å². The Morgan fingerprint density at radius 2 is 1.64 bits per heavy atom. The summed E-state index contributed by atoms with van der Waals surface area (Å²) in [7, 11) is 6.19. The van der Waals surface area contributed by atoms with E-state index in [0.717, 1.165) is 0 Å². The molecule has 0 N–H and O–H groups in total. The quantitative estimate of drug-likeness (QED) is 0.556. The van der Waals surface area contributed by atoms with Crippen molar-refractivity contribution in [2.24, 2.45) is 0 Å². The maximum absolute atomic E-state index is 5.44. The molecule has 5 heteroatoms. The SMILES string of the molecule is COCCC(OC)(OC)OC(C)OC. The van der Waals surface area contributed by atoms with Gasteiger partial charge < -0.3 is 18.9 Å². The van der Waals surface area contributed by atoms with Gasteiger partial charge in [0.15, 0.2) is 6.29 Å². The number of ether oxygens (including phenoxy) is 5. The Hall–Kier alpha value is -0.200. The summed E-state index contributed by atoms with van der Waals surface area (Å²) in [5.41, 5.74) is 0. The summed E-state index contributed by atoms with van der Waals surface area (Å²) in [6.07, 6.45) is 0.0799. The highest BCUT2D eigenvalue weighted by Gasteiger charge is 2.32. The van der Waals surface area contributed by atoms with E-state index in [1.54, 1.807) is 21.1 Å². The summed E-state index contributed by atoms with van der Waals surface area (Å²) >= 11 is 0. The second-order valence-corrected chi connectivity index (χ2v) is 2.76. The van der Waals surface area contributed by atoms with E-state index in [9.17, 15) is 0 Å². The van der Waals surface area contributed by atoms with Crippen LogP contribution in [0.2, 0.25) is 0 Å². The van der Waals surface area contributed by atoms with Crippen LogP contribution in [0, 0.1) is 0 Å². The molecule has 0 amide bonds. The average molecular weight is 208 g/mol. The molecule has 0 radical (unpaired) electrons. The lowest BCUT2D eigenvalue weighted by Gasteiger charge is -2.32. The summed E-state index contributed by atoms with van der Waals surface area (Å²) in [5.74, 6) is -1.09. The molecule has 0 spiro atoms. The number of rotatable bonds is 8. The van der Waals surface area contributed by atoms with Gasteiger partial charge in [-0.05, 0) is 6.92 Å². The normalized spacial score (nSPS) is 14.4. The standard InChI is InChI=1S/C9H20O5/c1-8(11-3)14-9(12-4,13-5)6-7-10-2/h8H,6-7H2,1-5H3. The van der Waals surface area contributed by atoms with E-state index in [1.807, 2.05) is 0 Å². The van der Waals surface area contributed by atoms with Gasteiger partial charge in [-0.1, -0.05) is 0 Å². The number of hydrogen-bond donors (Lipinski definition) is 0. The topological polar surface area (TPSA) is 46.2 Å². The largest absolute Gasteiger partial charge is 0.384 e. The van der Waals surface area contributed by atoms with Crippen molar-refractivity contribution in [1.29, 1.82) is 0 Å². The lowest BCUT2D eigenvalue weighted by atomic mass is 10.4. The first-order valence-electron chi connectivity index (χ1n) is 4.44. The monoisotopic (exact) mass is 208 g/mol. The van der Waals surface area contributed by atoms with Crippen molar-refractivity contribution in [2.75, 3.05) is 35.0 Å². The van der Waals surface area contributed by atoms with Gasteiger partial charge in [-0.25, -0.2) is 0 Å². The molecule has 0 bridgehead atoms. The Bertz CT molecular complexity index is 135. The minimum atomic E-state index is -1.09. The van der Waals surface area contributed by atoms with Gasteiger partial charge in [0.2, 0.25) is 0 Å². The van der Waals surface area contributed by atoms with Crippen LogP contribution in [0.5, 0.6) is 0 Å². The highest BCUT2D eigenvalue weighted by molar-refractivity contribution is 4.56. The third kappa shape index (κ3) is 4.34. The van der Waals surface area contributed by atoms with Crippen molar-refractivity contribution in [1.82, 2.24) is 0 Å². The Labute approximate surface area is 85.2 Å². The molecule has 0 aliphatic carbocycles. The minimum Gasteiger partial charge on any atom is -0.384 e. The van der Waals surface area contributed by atoms with Gasteiger partial charge >= 0.3 is 0 Å². The Kier molecular flexibility index (Phi) is 7.04. The predicted molar refractivity (Wildman–Crippen MR) is 50.8 cm³/mol. The zero-order chi connectivity index (χ0) is 11.0. The van der Waals surface area contributed by atoms with Crippen molar-refractivity contribution in [2.45, 2.75) is 25.6 Å². The predicted octanol–water partition coefficient (Wildman–Crippen LogP) is 0.978. The molecule has 1 unspecified atom stereocenters. The van der Waals surface area contributed by atoms with E-state index >= 15 is 0 Å². The lowest BCUT2D eigenvalue weighted by Crippen LogP contribution is -2.41. The third-order valence-corrected chi connectivity index (χ3v) is 1.91. The smallest absolute Gasteiger partial charge is 0.286 e. The van der Waals surface area contributed by atoms with Crippen molar-refractivity contribution < 1.29 is 23.7 Å². The lowest BCUT2D eigenvalue weighted by molar-refractivity contribution is -0.403. The first kappa shape index (κ1) is 13.8. The molecule has 1 atom stereocenters. The first-order chi connectivity index (χ1) is 6.64. The van der Waals surface area contributed by atoms with Crippen LogP contribution < -0.4 is 0 Å². The van der Waals surface area contributed by atoms with E-state index < -0.39 is 12.3 Å². The number of hydrogen-bond acceptors (Lipinski definition) is 5. The maximum atomic E-state index is 5.44. The second kappa shape index (κ2) is 7.14. The van der Waals surface area contributed by atoms with Crippen LogP contribution in [-0.4, -0.2) is 47.3 Å². The first-order valence-corrected chi connectivity index (χ1v) is 4.44. The molecule has 0 rings (SSSR count). The van der Waals surface area contributed by atoms with Crippen LogP contribution in [0.25, 0.3) is 0 Å². The van der Waals surface area contributed by atoms with Crippen LogP contribution in [0.1, 0.15) is 13.3 Å². The van der Waals surface area contributed by atoms with E-state index in [0.29, 0.717) is 13.0 Å². The maximum Gasteiger partial charge on any atom is 0.286 e. The molecule has 5 nitrogen and oxygen atoms in total. The van der Waals surface area contributed by atoms with Crippen LogP contribution in [0.15, 0.2) is 0 Å². The molecular weight excluding hydrogens is 188 g/mol. The Morgan fingerprint density at radius 3 is 2.00 bits per heavy atom. The summed E-state index contributed by atoms with van der Waals surface area (Å²) in [4.78, 5) is 0. The molecule has 0 aliphatic heterocycles. The van der Waals surface area contributed by atoms with Gasteiger partial charge in [0.1, 0.15) is 0 Å². The molecule has 14 heavy (non-hydrogen) atoms. The minimum absolute atomic E-state index is 0.397. The molecule has 0 fully saturated rings. The highest BCUT2D eigenvalue weighted by Crippen LogP contribution is 2.20. The van der Waals surface area contributed by atoms with E-state index in [4.69, 9.17) is 23.7 Å². The second-order valence-electron chi connectivity index (χ2n) is 2.76. The molecule has 0 heterocycles. The van der Waals surface area contributed by atoms with Gasteiger partial charge in [0.05, 0.1) is 13.0 Å². The molecule has 0 saturated heterocycles. The third-order valence-electron chi connectivity index (χ3n) is 1.91. The van der Waals surface area contributed by atoms with Gasteiger partial charge in [0, 0.05) is 28.4 Å². The molecule has 86 valence electrons. The molecule has 0 aromatic heterocycles. The van der Waals surface area contributed by atoms with Crippen molar-refractivity contribution in [3.05, 3.63) is 0 Å². The van der Waals surface area contributed by atoms with Crippen LogP contribution in [0.4, 0.5) is 0 Å². The Balaban J connectivity index is 4.20. The van der Waals surface area contributed by atoms with E-state index in [2.05, 4.69) is 0 Å². The average Bonchev–Trinajstić information content (AvgIpc) is 2.24. The fraction of sp³-hybridized carbons (Fsp3) is 1.00. The fourth-order valence-electron chi connectivity index (χ4n) is 0.971. The molecule has 0 aromatic rings. The van der Waals surface area contributed by atoms with E-state index in [1.165, 1.54) is 14.2 Å². The van der Waals surface area contributed by atoms with E-state index in [-0.39, 0.29) is 0 Å². The van der Waals surface area contributed by atoms with Gasteiger partial charge in [-0.3, -0.25) is 4.74 Å². The van der Waals surface area contributed by atoms with Crippen LogP contribution in [0.3, 0.4) is 0 Å². The zero-order valence-corrected chi connectivity index (χ0v) is 9.53. The van der Waals surface area contributed by atoms with Crippen molar-refractivity contribution in [3.8, 4) is 0 Å². The summed E-state index contributed by atoms with van der Waals surface area (Å²) in [6.45, 7) is 2.25. The Morgan fingerprint density at radius 1 is 1.07 bits per heavy atom. The van der Waals surface area contributed by atoms with Gasteiger partial charge in [-0.2, -0.15) is 0 Å². The van der Waals surface area contributed by atoms with Crippen LogP contribution in [-0.2, 0) is 23.7 Å². The number of methoxy groups -OCH3 is 4.